The molecule has 1 fully saturated rings. The predicted octanol–water partition coefficient (Wildman–Crippen LogP) is 4.82. The van der Waals surface area contributed by atoms with Crippen LogP contribution in [0.2, 0.25) is 5.02 Å². The third-order valence-electron chi connectivity index (χ3n) is 4.20. The van der Waals surface area contributed by atoms with E-state index in [9.17, 15) is 4.79 Å². The number of hydrogen-bond donors (Lipinski definition) is 2. The lowest BCUT2D eigenvalue weighted by molar-refractivity contribution is 0.0499. The number of anilines is 1. The molecule has 0 radical (unpaired) electrons. The highest BCUT2D eigenvalue weighted by atomic mass is 35.5. The Hall–Kier alpha value is -2.24. The van der Waals surface area contributed by atoms with Gasteiger partial charge in [0.1, 0.15) is 5.75 Å². The van der Waals surface area contributed by atoms with Gasteiger partial charge in [-0.3, -0.25) is 0 Å². The summed E-state index contributed by atoms with van der Waals surface area (Å²) in [6.45, 7) is 3.34. The van der Waals surface area contributed by atoms with E-state index in [1.54, 1.807) is 24.3 Å². The van der Waals surface area contributed by atoms with Gasteiger partial charge in [-0.2, -0.15) is 0 Å². The van der Waals surface area contributed by atoms with E-state index in [0.29, 0.717) is 35.4 Å². The molecule has 3 rings (SSSR count). The predicted molar refractivity (Wildman–Crippen MR) is 98.6 cm³/mol. The first-order valence-corrected chi connectivity index (χ1v) is 8.62. The van der Waals surface area contributed by atoms with Gasteiger partial charge in [-0.15, -0.1) is 0 Å². The number of amides is 2. The number of ether oxygens (including phenoxy) is 2. The molecule has 6 heteroatoms. The van der Waals surface area contributed by atoms with Crippen molar-refractivity contribution in [2.24, 2.45) is 0 Å². The van der Waals surface area contributed by atoms with Crippen molar-refractivity contribution >= 4 is 23.3 Å². The third-order valence-corrected chi connectivity index (χ3v) is 4.52. The molecule has 1 aliphatic heterocycles. The van der Waals surface area contributed by atoms with E-state index in [1.807, 2.05) is 31.2 Å². The van der Waals surface area contributed by atoms with Crippen molar-refractivity contribution < 1.29 is 14.3 Å². The Morgan fingerprint density at radius 3 is 2.44 bits per heavy atom. The normalized spacial score (nSPS) is 16.1. The Bertz CT molecular complexity index is 745. The number of urea groups is 1. The van der Waals surface area contributed by atoms with E-state index in [2.05, 4.69) is 10.6 Å². The van der Waals surface area contributed by atoms with Crippen LogP contribution in [0.15, 0.2) is 48.5 Å². The largest absolute Gasteiger partial charge is 0.454 e. The number of carbonyl (C=O) groups excluding carboxylic acids is 1. The average molecular weight is 361 g/mol. The summed E-state index contributed by atoms with van der Waals surface area (Å²) >= 11 is 6.14. The van der Waals surface area contributed by atoms with E-state index >= 15 is 0 Å². The van der Waals surface area contributed by atoms with Crippen LogP contribution in [0.1, 0.15) is 19.8 Å². The smallest absolute Gasteiger partial charge is 0.319 e. The SMILES string of the molecule is CC1(NC(=O)Nc2ccccc2Oc2ccccc2Cl)CCOCC1. The lowest BCUT2D eigenvalue weighted by Gasteiger charge is -2.34. The van der Waals surface area contributed by atoms with Gasteiger partial charge in [-0.25, -0.2) is 4.79 Å². The molecule has 0 saturated carbocycles. The molecule has 1 saturated heterocycles. The van der Waals surface area contributed by atoms with E-state index in [0.717, 1.165) is 12.8 Å². The first-order chi connectivity index (χ1) is 12.1. The summed E-state index contributed by atoms with van der Waals surface area (Å²) in [6, 6.07) is 14.2. The van der Waals surface area contributed by atoms with Crippen molar-refractivity contribution in [1.82, 2.24) is 5.32 Å². The van der Waals surface area contributed by atoms with Crippen molar-refractivity contribution in [3.05, 3.63) is 53.6 Å². The van der Waals surface area contributed by atoms with Gasteiger partial charge in [0.15, 0.2) is 5.75 Å². The second-order valence-electron chi connectivity index (χ2n) is 6.28. The molecule has 1 aliphatic rings. The van der Waals surface area contributed by atoms with Gasteiger partial charge in [-0.05, 0) is 44.0 Å². The summed E-state index contributed by atoms with van der Waals surface area (Å²) in [5.41, 5.74) is 0.316. The van der Waals surface area contributed by atoms with Gasteiger partial charge in [0, 0.05) is 18.8 Å². The standard InChI is InChI=1S/C19H21ClN2O3/c1-19(10-12-24-13-11-19)22-18(23)21-15-7-3-5-9-17(15)25-16-8-4-2-6-14(16)20/h2-9H,10-13H2,1H3,(H2,21,22,23). The highest BCUT2D eigenvalue weighted by Crippen LogP contribution is 2.33. The lowest BCUT2D eigenvalue weighted by atomic mass is 9.93. The Morgan fingerprint density at radius 1 is 1.08 bits per heavy atom. The molecule has 0 spiro atoms. The van der Waals surface area contributed by atoms with E-state index < -0.39 is 0 Å². The minimum Gasteiger partial charge on any atom is -0.454 e. The van der Waals surface area contributed by atoms with Crippen LogP contribution in [0.4, 0.5) is 10.5 Å². The van der Waals surface area contributed by atoms with Crippen molar-refractivity contribution in [1.29, 1.82) is 0 Å². The lowest BCUT2D eigenvalue weighted by Crippen LogP contribution is -2.51. The quantitative estimate of drug-likeness (QED) is 0.821. The fourth-order valence-electron chi connectivity index (χ4n) is 2.68. The maximum atomic E-state index is 12.4. The number of benzene rings is 2. The molecule has 2 N–H and O–H groups in total. The van der Waals surface area contributed by atoms with Crippen LogP contribution < -0.4 is 15.4 Å². The number of nitrogens with one attached hydrogen (secondary N) is 2. The number of rotatable bonds is 4. The van der Waals surface area contributed by atoms with E-state index in [4.69, 9.17) is 21.1 Å². The minimum absolute atomic E-state index is 0.263. The van der Waals surface area contributed by atoms with Crippen LogP contribution in [0.3, 0.4) is 0 Å². The molecular formula is C19H21ClN2O3. The zero-order chi connectivity index (χ0) is 17.7. The monoisotopic (exact) mass is 360 g/mol. The first kappa shape index (κ1) is 17.6. The van der Waals surface area contributed by atoms with Crippen molar-refractivity contribution in [3.63, 3.8) is 0 Å². The van der Waals surface area contributed by atoms with Crippen molar-refractivity contribution in [3.8, 4) is 11.5 Å². The van der Waals surface area contributed by atoms with Gasteiger partial charge in [0.05, 0.1) is 10.7 Å². The van der Waals surface area contributed by atoms with Crippen molar-refractivity contribution in [2.45, 2.75) is 25.3 Å². The van der Waals surface area contributed by atoms with Gasteiger partial charge in [0.2, 0.25) is 0 Å². The van der Waals surface area contributed by atoms with Crippen LogP contribution in [-0.4, -0.2) is 24.8 Å². The van der Waals surface area contributed by atoms with Gasteiger partial charge in [0.25, 0.3) is 0 Å². The second kappa shape index (κ2) is 7.76. The van der Waals surface area contributed by atoms with Crippen molar-refractivity contribution in [2.75, 3.05) is 18.5 Å². The molecule has 1 heterocycles. The molecule has 2 aromatic rings. The molecule has 132 valence electrons. The van der Waals surface area contributed by atoms with E-state index in [1.165, 1.54) is 0 Å². The number of carbonyl (C=O) groups is 1. The summed E-state index contributed by atoms with van der Waals surface area (Å²) in [5, 5.41) is 6.41. The highest BCUT2D eigenvalue weighted by Gasteiger charge is 2.29. The number of halogens is 1. The minimum atomic E-state index is -0.264. The van der Waals surface area contributed by atoms with Crippen LogP contribution in [0, 0.1) is 0 Å². The zero-order valence-corrected chi connectivity index (χ0v) is 14.8. The Morgan fingerprint density at radius 2 is 1.72 bits per heavy atom. The second-order valence-corrected chi connectivity index (χ2v) is 6.69. The Labute approximate surface area is 152 Å². The molecule has 0 atom stereocenters. The summed E-state index contributed by atoms with van der Waals surface area (Å²) < 4.78 is 11.2. The van der Waals surface area contributed by atoms with Gasteiger partial charge >= 0.3 is 6.03 Å². The van der Waals surface area contributed by atoms with Crippen LogP contribution in [0.25, 0.3) is 0 Å². The third kappa shape index (κ3) is 4.65. The summed E-state index contributed by atoms with van der Waals surface area (Å²) in [5.74, 6) is 1.07. The fourth-order valence-corrected chi connectivity index (χ4v) is 2.85. The molecule has 0 bridgehead atoms. The highest BCUT2D eigenvalue weighted by molar-refractivity contribution is 6.32. The molecule has 2 aromatic carbocycles. The first-order valence-electron chi connectivity index (χ1n) is 8.24. The zero-order valence-electron chi connectivity index (χ0n) is 14.0. The topological polar surface area (TPSA) is 59.6 Å². The molecular weight excluding hydrogens is 340 g/mol. The maximum Gasteiger partial charge on any atom is 0.319 e. The van der Waals surface area contributed by atoms with Crippen LogP contribution in [0.5, 0.6) is 11.5 Å². The van der Waals surface area contributed by atoms with Gasteiger partial charge < -0.3 is 20.1 Å². The maximum absolute atomic E-state index is 12.4. The fraction of sp³-hybridized carbons (Fsp3) is 0.316. The average Bonchev–Trinajstić information content (AvgIpc) is 2.58. The molecule has 2 amide bonds. The summed E-state index contributed by atoms with van der Waals surface area (Å²) in [7, 11) is 0. The summed E-state index contributed by atoms with van der Waals surface area (Å²) in [4.78, 5) is 12.4. The number of para-hydroxylation sites is 3. The molecule has 0 aliphatic carbocycles. The molecule has 25 heavy (non-hydrogen) atoms. The molecule has 0 unspecified atom stereocenters. The van der Waals surface area contributed by atoms with Crippen LogP contribution >= 0.6 is 11.6 Å². The Kier molecular flexibility index (Phi) is 5.46. The molecule has 0 aromatic heterocycles. The van der Waals surface area contributed by atoms with Crippen LogP contribution in [-0.2, 0) is 4.74 Å². The number of hydrogen-bond acceptors (Lipinski definition) is 3. The van der Waals surface area contributed by atoms with Gasteiger partial charge in [-0.1, -0.05) is 35.9 Å². The Balaban J connectivity index is 1.70. The summed E-state index contributed by atoms with van der Waals surface area (Å²) in [6.07, 6.45) is 1.58. The molecule has 5 nitrogen and oxygen atoms in total. The van der Waals surface area contributed by atoms with E-state index in [-0.39, 0.29) is 11.6 Å².